The molecule has 17 nitrogen and oxygen atoms in total. The van der Waals surface area contributed by atoms with Crippen molar-refractivity contribution in [1.29, 1.82) is 0 Å². The zero-order chi connectivity index (χ0) is 70.1. The zero-order valence-electron chi connectivity index (χ0n) is 62.1. The molecule has 0 spiro atoms. The van der Waals surface area contributed by atoms with Crippen LogP contribution in [0.15, 0.2) is 0 Å². The number of aliphatic hydroxyl groups is 1. The monoisotopic (exact) mass is 1400 g/mol. The highest BCUT2D eigenvalue weighted by Crippen LogP contribution is 2.45. The van der Waals surface area contributed by atoms with Gasteiger partial charge in [0.25, 0.3) is 0 Å². The topological polar surface area (TPSA) is 237 Å². The lowest BCUT2D eigenvalue weighted by molar-refractivity contribution is -0.161. The van der Waals surface area contributed by atoms with Crippen LogP contribution in [0.1, 0.15) is 389 Å². The van der Waals surface area contributed by atoms with Crippen molar-refractivity contribution in [1.82, 2.24) is 0 Å². The van der Waals surface area contributed by atoms with Crippen LogP contribution in [-0.2, 0) is 65.4 Å². The summed E-state index contributed by atoms with van der Waals surface area (Å²) in [5, 5.41) is 10.6. The lowest BCUT2D eigenvalue weighted by Crippen LogP contribution is -2.30. The predicted octanol–water partition coefficient (Wildman–Crippen LogP) is 22.2. The summed E-state index contributed by atoms with van der Waals surface area (Å²) in [5.41, 5.74) is 0. The largest absolute Gasteiger partial charge is 0.472 e. The third-order valence-electron chi connectivity index (χ3n) is 17.6. The Morgan fingerprint density at radius 1 is 0.284 bits per heavy atom. The Morgan fingerprint density at radius 3 is 0.716 bits per heavy atom. The Balaban J connectivity index is 5.26. The predicted molar refractivity (Wildman–Crippen MR) is 386 cm³/mol. The number of carbonyl (C=O) groups is 4. The van der Waals surface area contributed by atoms with Gasteiger partial charge in [0.1, 0.15) is 19.3 Å². The number of phosphoric ester groups is 2. The highest BCUT2D eigenvalue weighted by molar-refractivity contribution is 7.47. The molecule has 0 aliphatic carbocycles. The molecule has 0 heterocycles. The molecule has 0 fully saturated rings. The summed E-state index contributed by atoms with van der Waals surface area (Å²) in [6.07, 6.45) is 52.7. The molecule has 0 amide bonds. The molecule has 95 heavy (non-hydrogen) atoms. The third kappa shape index (κ3) is 70.3. The quantitative estimate of drug-likeness (QED) is 0.0222. The van der Waals surface area contributed by atoms with Gasteiger partial charge >= 0.3 is 39.5 Å². The zero-order valence-corrected chi connectivity index (χ0v) is 63.9. The van der Waals surface area contributed by atoms with Crippen LogP contribution in [0.4, 0.5) is 0 Å². The molecule has 5 atom stereocenters. The van der Waals surface area contributed by atoms with Gasteiger partial charge in [-0.15, -0.1) is 0 Å². The van der Waals surface area contributed by atoms with Crippen LogP contribution in [0.5, 0.6) is 0 Å². The van der Waals surface area contributed by atoms with Gasteiger partial charge in [-0.1, -0.05) is 337 Å². The van der Waals surface area contributed by atoms with Crippen LogP contribution in [0.2, 0.25) is 0 Å². The number of rotatable bonds is 74. The van der Waals surface area contributed by atoms with Crippen molar-refractivity contribution in [2.45, 2.75) is 407 Å². The summed E-state index contributed by atoms with van der Waals surface area (Å²) in [7, 11) is -9.91. The lowest BCUT2D eigenvalue weighted by atomic mass is 10.0. The van der Waals surface area contributed by atoms with E-state index < -0.39 is 97.5 Å². The van der Waals surface area contributed by atoms with Crippen molar-refractivity contribution in [2.75, 3.05) is 39.6 Å². The second kappa shape index (κ2) is 66.6. The third-order valence-corrected chi connectivity index (χ3v) is 19.5. The first-order valence-corrected chi connectivity index (χ1v) is 42.3. The van der Waals surface area contributed by atoms with Crippen LogP contribution < -0.4 is 0 Å². The van der Waals surface area contributed by atoms with E-state index in [-0.39, 0.29) is 25.7 Å². The van der Waals surface area contributed by atoms with Gasteiger partial charge in [0.2, 0.25) is 0 Å². The molecule has 0 aromatic rings. The van der Waals surface area contributed by atoms with E-state index in [2.05, 4.69) is 48.5 Å². The normalized spacial score (nSPS) is 14.1. The average Bonchev–Trinajstić information content (AvgIpc) is 2.91. The molecular formula is C76H148O17P2. The standard InChI is InChI=1S/C76H148O17P2/c1-8-9-10-11-12-13-14-15-16-17-18-23-29-38-45-52-59-75(80)92-71(63-86-73(78)57-50-43-36-28-22-20-19-21-26-33-40-47-54-67(2)3)65-90-94(82,83)88-61-70(77)62-89-95(84,85)91-66-72(64-87-74(79)58-51-44-37-32-31-35-42-49-56-69(6)7)93-76(81)60-53-46-39-30-25-24-27-34-41-48-55-68(4)5/h67-72,77H,8-66H2,1-7H3,(H,82,83)(H,84,85)/t70-,71-,72-/m1/s1. The fourth-order valence-electron chi connectivity index (χ4n) is 11.6. The first-order valence-electron chi connectivity index (χ1n) is 39.3. The van der Waals surface area contributed by atoms with Crippen molar-refractivity contribution in [3.8, 4) is 0 Å². The van der Waals surface area contributed by atoms with Gasteiger partial charge in [-0.05, 0) is 43.4 Å². The van der Waals surface area contributed by atoms with Crippen molar-refractivity contribution in [3.05, 3.63) is 0 Å². The first-order chi connectivity index (χ1) is 45.7. The van der Waals surface area contributed by atoms with Gasteiger partial charge in [0.05, 0.1) is 26.4 Å². The van der Waals surface area contributed by atoms with Gasteiger partial charge in [-0.25, -0.2) is 9.13 Å². The molecule has 0 saturated carbocycles. The minimum Gasteiger partial charge on any atom is -0.462 e. The molecular weight excluding hydrogens is 1250 g/mol. The van der Waals surface area contributed by atoms with E-state index in [4.69, 9.17) is 37.0 Å². The Hall–Kier alpha value is -1.94. The van der Waals surface area contributed by atoms with Crippen LogP contribution in [0, 0.1) is 17.8 Å². The van der Waals surface area contributed by atoms with Crippen LogP contribution in [0.25, 0.3) is 0 Å². The highest BCUT2D eigenvalue weighted by atomic mass is 31.2. The summed E-state index contributed by atoms with van der Waals surface area (Å²) in [4.78, 5) is 72.8. The van der Waals surface area contributed by atoms with Gasteiger partial charge < -0.3 is 33.8 Å². The molecule has 0 bridgehead atoms. The molecule has 0 aliphatic rings. The van der Waals surface area contributed by atoms with E-state index >= 15 is 0 Å². The fourth-order valence-corrected chi connectivity index (χ4v) is 13.2. The molecule has 0 rings (SSSR count). The second-order valence-electron chi connectivity index (χ2n) is 28.8. The minimum atomic E-state index is -4.96. The van der Waals surface area contributed by atoms with Gasteiger partial charge in [0.15, 0.2) is 12.2 Å². The van der Waals surface area contributed by atoms with E-state index in [9.17, 15) is 43.2 Å². The van der Waals surface area contributed by atoms with Gasteiger partial charge in [-0.3, -0.25) is 37.3 Å². The Morgan fingerprint density at radius 2 is 0.484 bits per heavy atom. The Bertz CT molecular complexity index is 1850. The van der Waals surface area contributed by atoms with Crippen molar-refractivity contribution in [3.63, 3.8) is 0 Å². The summed E-state index contributed by atoms with van der Waals surface area (Å²) < 4.78 is 68.5. The van der Waals surface area contributed by atoms with E-state index in [1.165, 1.54) is 199 Å². The van der Waals surface area contributed by atoms with Crippen molar-refractivity contribution >= 4 is 39.5 Å². The van der Waals surface area contributed by atoms with Crippen LogP contribution in [0.3, 0.4) is 0 Å². The molecule has 0 saturated heterocycles. The summed E-state index contributed by atoms with van der Waals surface area (Å²) in [6.45, 7) is 11.9. The maximum absolute atomic E-state index is 13.1. The van der Waals surface area contributed by atoms with Crippen LogP contribution in [-0.4, -0.2) is 96.7 Å². The SMILES string of the molecule is CCCCCCCCCCCCCCCCCCC(=O)O[C@H](COC(=O)CCCCCCCCCCCCCCC(C)C)COP(=O)(O)OC[C@@H](O)COP(=O)(O)OC[C@@H](COC(=O)CCCCCCCCCCC(C)C)OC(=O)CCCCCCCCCCCCC(C)C. The number of esters is 4. The molecule has 0 aromatic carbocycles. The number of hydrogen-bond donors (Lipinski definition) is 3. The first kappa shape index (κ1) is 93.1. The molecule has 0 aliphatic heterocycles. The number of phosphoric acid groups is 2. The minimum absolute atomic E-state index is 0.105. The second-order valence-corrected chi connectivity index (χ2v) is 31.7. The smallest absolute Gasteiger partial charge is 0.462 e. The summed E-state index contributed by atoms with van der Waals surface area (Å²) >= 11 is 0. The average molecular weight is 1400 g/mol. The van der Waals surface area contributed by atoms with Crippen LogP contribution >= 0.6 is 15.6 Å². The van der Waals surface area contributed by atoms with E-state index in [1.807, 2.05) is 0 Å². The summed E-state index contributed by atoms with van der Waals surface area (Å²) in [5.74, 6) is 0.143. The van der Waals surface area contributed by atoms with Crippen molar-refractivity contribution < 1.29 is 80.2 Å². The fraction of sp³-hybridized carbons (Fsp3) is 0.947. The number of hydrogen-bond acceptors (Lipinski definition) is 15. The maximum atomic E-state index is 13.1. The molecule has 19 heteroatoms. The molecule has 0 radical (unpaired) electrons. The highest BCUT2D eigenvalue weighted by Gasteiger charge is 2.30. The number of aliphatic hydroxyl groups excluding tert-OH is 1. The Labute approximate surface area is 581 Å². The van der Waals surface area contributed by atoms with E-state index in [0.29, 0.717) is 25.7 Å². The maximum Gasteiger partial charge on any atom is 0.472 e. The van der Waals surface area contributed by atoms with Gasteiger partial charge in [0, 0.05) is 25.7 Å². The summed E-state index contributed by atoms with van der Waals surface area (Å²) in [6, 6.07) is 0. The number of ether oxygens (including phenoxy) is 4. The molecule has 564 valence electrons. The van der Waals surface area contributed by atoms with E-state index in [1.54, 1.807) is 0 Å². The Kier molecular flexibility index (Phi) is 65.2. The number of unbranched alkanes of at least 4 members (excludes halogenated alkanes) is 42. The molecule has 3 N–H and O–H groups in total. The molecule has 2 unspecified atom stereocenters. The number of carbonyl (C=O) groups excluding carboxylic acids is 4. The van der Waals surface area contributed by atoms with Gasteiger partial charge in [-0.2, -0.15) is 0 Å². The lowest BCUT2D eigenvalue weighted by Gasteiger charge is -2.21. The molecule has 0 aromatic heterocycles. The van der Waals surface area contributed by atoms with E-state index in [0.717, 1.165) is 108 Å². The van der Waals surface area contributed by atoms with Crippen molar-refractivity contribution in [2.24, 2.45) is 17.8 Å².